The molecule has 1 spiro atoms. The standard InChI is InChI=1S/C14H27NO3/c1-4-15(10-13(2,3)16)12-5-7-18-14(9-12)6-8-17-11-14/h12,16H,4-11H2,1-3H3. The van der Waals surface area contributed by atoms with Gasteiger partial charge in [-0.25, -0.2) is 0 Å². The van der Waals surface area contributed by atoms with Crippen molar-refractivity contribution in [2.75, 3.05) is 32.9 Å². The van der Waals surface area contributed by atoms with Gasteiger partial charge < -0.3 is 14.6 Å². The molecular weight excluding hydrogens is 230 g/mol. The maximum Gasteiger partial charge on any atom is 0.0951 e. The molecule has 2 heterocycles. The summed E-state index contributed by atoms with van der Waals surface area (Å²) in [5.74, 6) is 0. The van der Waals surface area contributed by atoms with Gasteiger partial charge in [0, 0.05) is 32.2 Å². The Hall–Kier alpha value is -0.160. The third-order valence-corrected chi connectivity index (χ3v) is 4.05. The van der Waals surface area contributed by atoms with Gasteiger partial charge >= 0.3 is 0 Å². The normalized spacial score (nSPS) is 33.5. The highest BCUT2D eigenvalue weighted by molar-refractivity contribution is 4.94. The first-order valence-corrected chi connectivity index (χ1v) is 7.12. The van der Waals surface area contributed by atoms with E-state index in [0.717, 1.165) is 52.2 Å². The molecular formula is C14H27NO3. The van der Waals surface area contributed by atoms with Gasteiger partial charge in [-0.3, -0.25) is 4.90 Å². The number of hydrogen-bond acceptors (Lipinski definition) is 4. The molecule has 2 rings (SSSR count). The summed E-state index contributed by atoms with van der Waals surface area (Å²) in [6.07, 6.45) is 3.12. The molecule has 0 amide bonds. The molecule has 0 aromatic rings. The van der Waals surface area contributed by atoms with Crippen molar-refractivity contribution in [1.29, 1.82) is 0 Å². The summed E-state index contributed by atoms with van der Waals surface area (Å²) in [6, 6.07) is 0.511. The van der Waals surface area contributed by atoms with E-state index < -0.39 is 5.60 Å². The highest BCUT2D eigenvalue weighted by Crippen LogP contribution is 2.35. The van der Waals surface area contributed by atoms with Crippen LogP contribution in [-0.4, -0.2) is 60.2 Å². The molecule has 2 aliphatic rings. The predicted molar refractivity (Wildman–Crippen MR) is 70.7 cm³/mol. The van der Waals surface area contributed by atoms with Crippen LogP contribution in [0.1, 0.15) is 40.0 Å². The maximum atomic E-state index is 10.0. The van der Waals surface area contributed by atoms with Gasteiger partial charge in [-0.1, -0.05) is 6.92 Å². The van der Waals surface area contributed by atoms with Gasteiger partial charge in [-0.05, 0) is 33.2 Å². The fourth-order valence-electron chi connectivity index (χ4n) is 3.17. The van der Waals surface area contributed by atoms with Crippen molar-refractivity contribution < 1.29 is 14.6 Å². The van der Waals surface area contributed by atoms with Crippen molar-refractivity contribution in [3.8, 4) is 0 Å². The minimum atomic E-state index is -0.631. The molecule has 4 heteroatoms. The number of rotatable bonds is 4. The van der Waals surface area contributed by atoms with Gasteiger partial charge in [0.1, 0.15) is 0 Å². The van der Waals surface area contributed by atoms with E-state index in [1.54, 1.807) is 0 Å². The van der Waals surface area contributed by atoms with E-state index in [2.05, 4.69) is 11.8 Å². The lowest BCUT2D eigenvalue weighted by molar-refractivity contribution is -0.112. The van der Waals surface area contributed by atoms with E-state index in [4.69, 9.17) is 9.47 Å². The van der Waals surface area contributed by atoms with Crippen molar-refractivity contribution in [2.24, 2.45) is 0 Å². The van der Waals surface area contributed by atoms with Crippen LogP contribution in [0.5, 0.6) is 0 Å². The molecule has 0 bridgehead atoms. The maximum absolute atomic E-state index is 10.0. The van der Waals surface area contributed by atoms with Gasteiger partial charge in [0.2, 0.25) is 0 Å². The smallest absolute Gasteiger partial charge is 0.0951 e. The first-order valence-electron chi connectivity index (χ1n) is 7.12. The molecule has 1 N–H and O–H groups in total. The third kappa shape index (κ3) is 3.44. The van der Waals surface area contributed by atoms with Crippen molar-refractivity contribution in [1.82, 2.24) is 4.90 Å². The van der Waals surface area contributed by atoms with Crippen LogP contribution in [0.25, 0.3) is 0 Å². The molecule has 0 saturated carbocycles. The lowest BCUT2D eigenvalue weighted by Gasteiger charge is -2.43. The molecule has 106 valence electrons. The van der Waals surface area contributed by atoms with Crippen molar-refractivity contribution >= 4 is 0 Å². The van der Waals surface area contributed by atoms with Crippen molar-refractivity contribution in [2.45, 2.75) is 57.3 Å². The number of aliphatic hydroxyl groups is 1. The van der Waals surface area contributed by atoms with E-state index in [0.29, 0.717) is 6.04 Å². The van der Waals surface area contributed by atoms with Gasteiger partial charge in [-0.15, -0.1) is 0 Å². The second-order valence-corrected chi connectivity index (χ2v) is 6.36. The Kier molecular flexibility index (Phi) is 4.32. The largest absolute Gasteiger partial charge is 0.389 e. The molecule has 2 fully saturated rings. The number of likely N-dealkylation sites (N-methyl/N-ethyl adjacent to an activating group) is 1. The fraction of sp³-hybridized carbons (Fsp3) is 1.00. The van der Waals surface area contributed by atoms with E-state index in [1.165, 1.54) is 0 Å². The first kappa shape index (κ1) is 14.3. The zero-order chi connectivity index (χ0) is 13.2. The topological polar surface area (TPSA) is 41.9 Å². The Bertz CT molecular complexity index is 269. The molecule has 4 nitrogen and oxygen atoms in total. The van der Waals surface area contributed by atoms with Gasteiger partial charge in [0.25, 0.3) is 0 Å². The van der Waals surface area contributed by atoms with Crippen molar-refractivity contribution in [3.05, 3.63) is 0 Å². The Morgan fingerprint density at radius 1 is 1.39 bits per heavy atom. The number of hydrogen-bond donors (Lipinski definition) is 1. The van der Waals surface area contributed by atoms with E-state index in [1.807, 2.05) is 13.8 Å². The zero-order valence-electron chi connectivity index (χ0n) is 11.9. The van der Waals surface area contributed by atoms with Gasteiger partial charge in [-0.2, -0.15) is 0 Å². The minimum Gasteiger partial charge on any atom is -0.389 e. The lowest BCUT2D eigenvalue weighted by atomic mass is 9.88. The highest BCUT2D eigenvalue weighted by atomic mass is 16.6. The highest BCUT2D eigenvalue weighted by Gasteiger charge is 2.42. The van der Waals surface area contributed by atoms with E-state index in [9.17, 15) is 5.11 Å². The quantitative estimate of drug-likeness (QED) is 0.827. The summed E-state index contributed by atoms with van der Waals surface area (Å²) in [5.41, 5.74) is -0.677. The molecule has 2 saturated heterocycles. The Balaban J connectivity index is 1.98. The second kappa shape index (κ2) is 5.45. The average Bonchev–Trinajstić information content (AvgIpc) is 2.73. The Morgan fingerprint density at radius 2 is 2.17 bits per heavy atom. The van der Waals surface area contributed by atoms with Crippen molar-refractivity contribution in [3.63, 3.8) is 0 Å². The summed E-state index contributed by atoms with van der Waals surface area (Å²) in [5, 5.41) is 10.0. The molecule has 2 atom stereocenters. The first-order chi connectivity index (χ1) is 8.44. The molecule has 0 aromatic carbocycles. The molecule has 0 aliphatic carbocycles. The Labute approximate surface area is 110 Å². The molecule has 2 aliphatic heterocycles. The minimum absolute atomic E-state index is 0.0457. The summed E-state index contributed by atoms with van der Waals surface area (Å²) in [7, 11) is 0. The monoisotopic (exact) mass is 257 g/mol. The van der Waals surface area contributed by atoms with Crippen LogP contribution < -0.4 is 0 Å². The predicted octanol–water partition coefficient (Wildman–Crippen LogP) is 1.42. The van der Waals surface area contributed by atoms with Crippen LogP contribution in [0.2, 0.25) is 0 Å². The lowest BCUT2D eigenvalue weighted by Crippen LogP contribution is -2.52. The average molecular weight is 257 g/mol. The second-order valence-electron chi connectivity index (χ2n) is 6.36. The van der Waals surface area contributed by atoms with E-state index in [-0.39, 0.29) is 5.60 Å². The Morgan fingerprint density at radius 3 is 2.72 bits per heavy atom. The van der Waals surface area contributed by atoms with Crippen LogP contribution >= 0.6 is 0 Å². The summed E-state index contributed by atoms with van der Waals surface area (Å²) in [6.45, 7) is 10.0. The SMILES string of the molecule is CCN(CC(C)(C)O)C1CCOC2(CCOC2)C1. The van der Waals surface area contributed by atoms with Crippen LogP contribution in [0.4, 0.5) is 0 Å². The number of ether oxygens (including phenoxy) is 2. The fourth-order valence-corrected chi connectivity index (χ4v) is 3.17. The van der Waals surface area contributed by atoms with Gasteiger partial charge in [0.05, 0.1) is 17.8 Å². The molecule has 2 unspecified atom stereocenters. The number of nitrogens with zero attached hydrogens (tertiary/aromatic N) is 1. The van der Waals surface area contributed by atoms with Gasteiger partial charge in [0.15, 0.2) is 0 Å². The third-order valence-electron chi connectivity index (χ3n) is 4.05. The summed E-state index contributed by atoms with van der Waals surface area (Å²) in [4.78, 5) is 2.39. The van der Waals surface area contributed by atoms with Crippen LogP contribution in [0.15, 0.2) is 0 Å². The zero-order valence-corrected chi connectivity index (χ0v) is 11.9. The molecule has 18 heavy (non-hydrogen) atoms. The summed E-state index contributed by atoms with van der Waals surface area (Å²) < 4.78 is 11.5. The molecule has 0 aromatic heterocycles. The summed E-state index contributed by atoms with van der Waals surface area (Å²) >= 11 is 0. The van der Waals surface area contributed by atoms with Crippen LogP contribution in [0, 0.1) is 0 Å². The van der Waals surface area contributed by atoms with E-state index >= 15 is 0 Å². The van der Waals surface area contributed by atoms with Crippen LogP contribution in [0.3, 0.4) is 0 Å². The molecule has 0 radical (unpaired) electrons. The van der Waals surface area contributed by atoms with Crippen LogP contribution in [-0.2, 0) is 9.47 Å².